The third-order valence-electron chi connectivity index (χ3n) is 3.36. The molecule has 134 valence electrons. The van der Waals surface area contributed by atoms with Crippen LogP contribution >= 0.6 is 23.4 Å². The zero-order valence-corrected chi connectivity index (χ0v) is 16.4. The lowest BCUT2D eigenvalue weighted by Crippen LogP contribution is -2.19. The maximum absolute atomic E-state index is 12.6. The number of sulfonamides is 1. The number of hydrogen-bond donors (Lipinski definition) is 2. The first kappa shape index (κ1) is 19.6. The molecular weight excluding hydrogens is 380 g/mol. The van der Waals surface area contributed by atoms with E-state index in [0.29, 0.717) is 16.4 Å². The Morgan fingerprint density at radius 1 is 1.12 bits per heavy atom. The highest BCUT2D eigenvalue weighted by Gasteiger charge is 2.18. The predicted molar refractivity (Wildman–Crippen MR) is 104 cm³/mol. The minimum atomic E-state index is -3.78. The molecule has 0 fully saturated rings. The van der Waals surface area contributed by atoms with Gasteiger partial charge in [-0.2, -0.15) is 0 Å². The van der Waals surface area contributed by atoms with Crippen molar-refractivity contribution in [1.29, 1.82) is 0 Å². The fraction of sp³-hybridized carbons (Fsp3) is 0.235. The van der Waals surface area contributed by atoms with Gasteiger partial charge in [0.15, 0.2) is 0 Å². The number of benzene rings is 2. The monoisotopic (exact) mass is 398 g/mol. The molecule has 25 heavy (non-hydrogen) atoms. The summed E-state index contributed by atoms with van der Waals surface area (Å²) in [5, 5.41) is 3.29. The second-order valence-corrected chi connectivity index (χ2v) is 8.59. The van der Waals surface area contributed by atoms with Crippen molar-refractivity contribution in [3.8, 4) is 0 Å². The number of rotatable bonds is 6. The molecule has 0 spiro atoms. The van der Waals surface area contributed by atoms with Crippen LogP contribution in [0, 0.1) is 5.92 Å². The number of hydrogen-bond acceptors (Lipinski definition) is 4. The Kier molecular flexibility index (Phi) is 6.37. The Hall–Kier alpha value is -1.70. The Morgan fingerprint density at radius 2 is 1.76 bits per heavy atom. The van der Waals surface area contributed by atoms with Gasteiger partial charge in [0.2, 0.25) is 5.91 Å². The first-order valence-corrected chi connectivity index (χ1v) is 10.6. The number of nitrogens with one attached hydrogen (secondary N) is 2. The van der Waals surface area contributed by atoms with Gasteiger partial charge in [0.1, 0.15) is 0 Å². The molecule has 0 aliphatic heterocycles. The maximum atomic E-state index is 12.6. The second-order valence-electron chi connectivity index (χ2n) is 5.62. The molecule has 2 N–H and O–H groups in total. The maximum Gasteiger partial charge on any atom is 0.261 e. The molecule has 0 atom stereocenters. The van der Waals surface area contributed by atoms with Crippen molar-refractivity contribution in [2.75, 3.05) is 16.3 Å². The van der Waals surface area contributed by atoms with Crippen LogP contribution in [-0.4, -0.2) is 20.6 Å². The molecule has 1 amide bonds. The summed E-state index contributed by atoms with van der Waals surface area (Å²) in [5.74, 6) is -0.377. The molecular formula is C17H19ClN2O3S2. The van der Waals surface area contributed by atoms with Gasteiger partial charge in [0, 0.05) is 21.5 Å². The third-order valence-corrected chi connectivity index (χ3v) is 5.79. The molecule has 0 radical (unpaired) electrons. The van der Waals surface area contributed by atoms with E-state index in [1.807, 2.05) is 6.26 Å². The predicted octanol–water partition coefficient (Wildman–Crippen LogP) is 4.46. The molecule has 2 aromatic rings. The third kappa shape index (κ3) is 5.14. The van der Waals surface area contributed by atoms with Crippen LogP contribution in [-0.2, 0) is 14.8 Å². The highest BCUT2D eigenvalue weighted by Crippen LogP contribution is 2.29. The van der Waals surface area contributed by atoms with Gasteiger partial charge in [-0.1, -0.05) is 25.4 Å². The van der Waals surface area contributed by atoms with E-state index in [9.17, 15) is 13.2 Å². The van der Waals surface area contributed by atoms with Crippen molar-refractivity contribution < 1.29 is 13.2 Å². The van der Waals surface area contributed by atoms with E-state index >= 15 is 0 Å². The van der Waals surface area contributed by atoms with Gasteiger partial charge in [0.25, 0.3) is 10.0 Å². The van der Waals surface area contributed by atoms with Crippen LogP contribution < -0.4 is 10.0 Å². The summed E-state index contributed by atoms with van der Waals surface area (Å²) in [5.41, 5.74) is 0.885. The van der Waals surface area contributed by atoms with E-state index in [1.54, 1.807) is 44.2 Å². The van der Waals surface area contributed by atoms with Gasteiger partial charge < -0.3 is 5.32 Å². The molecule has 5 nitrogen and oxygen atoms in total. The summed E-state index contributed by atoms with van der Waals surface area (Å²) in [4.78, 5) is 12.8. The van der Waals surface area contributed by atoms with Crippen LogP contribution in [0.4, 0.5) is 11.4 Å². The largest absolute Gasteiger partial charge is 0.325 e. The van der Waals surface area contributed by atoms with Crippen LogP contribution in [0.1, 0.15) is 13.8 Å². The molecule has 0 unspecified atom stereocenters. The van der Waals surface area contributed by atoms with Crippen molar-refractivity contribution in [3.05, 3.63) is 47.5 Å². The van der Waals surface area contributed by atoms with Crippen LogP contribution in [0.2, 0.25) is 5.02 Å². The molecule has 0 heterocycles. The number of thioether (sulfide) groups is 1. The summed E-state index contributed by atoms with van der Waals surface area (Å²) < 4.78 is 27.7. The van der Waals surface area contributed by atoms with Gasteiger partial charge in [-0.05, 0) is 48.7 Å². The van der Waals surface area contributed by atoms with E-state index in [4.69, 9.17) is 11.6 Å². The summed E-state index contributed by atoms with van der Waals surface area (Å²) in [7, 11) is -3.78. The zero-order valence-electron chi connectivity index (χ0n) is 14.0. The normalized spacial score (nSPS) is 11.4. The van der Waals surface area contributed by atoms with Crippen LogP contribution in [0.25, 0.3) is 0 Å². The topological polar surface area (TPSA) is 75.3 Å². The van der Waals surface area contributed by atoms with Crippen molar-refractivity contribution in [1.82, 2.24) is 0 Å². The van der Waals surface area contributed by atoms with Crippen molar-refractivity contribution in [2.24, 2.45) is 5.92 Å². The first-order chi connectivity index (χ1) is 11.7. The average molecular weight is 399 g/mol. The molecule has 8 heteroatoms. The fourth-order valence-electron chi connectivity index (χ4n) is 1.96. The quantitative estimate of drug-likeness (QED) is 0.704. The molecule has 0 saturated carbocycles. The molecule has 0 aromatic heterocycles. The lowest BCUT2D eigenvalue weighted by atomic mass is 10.2. The lowest BCUT2D eigenvalue weighted by Gasteiger charge is -2.14. The summed E-state index contributed by atoms with van der Waals surface area (Å²) in [6, 6.07) is 11.0. The Balaban J connectivity index is 2.34. The van der Waals surface area contributed by atoms with Crippen molar-refractivity contribution in [2.45, 2.75) is 23.6 Å². The first-order valence-electron chi connectivity index (χ1n) is 7.50. The minimum Gasteiger partial charge on any atom is -0.325 e. The smallest absolute Gasteiger partial charge is 0.261 e. The van der Waals surface area contributed by atoms with Crippen LogP contribution in [0.3, 0.4) is 0 Å². The van der Waals surface area contributed by atoms with E-state index in [0.717, 1.165) is 4.90 Å². The van der Waals surface area contributed by atoms with Gasteiger partial charge in [-0.15, -0.1) is 11.8 Å². The number of anilines is 2. The summed E-state index contributed by atoms with van der Waals surface area (Å²) >= 11 is 7.24. The zero-order chi connectivity index (χ0) is 18.6. The Morgan fingerprint density at radius 3 is 2.32 bits per heavy atom. The summed E-state index contributed by atoms with van der Waals surface area (Å²) in [6.45, 7) is 3.55. The van der Waals surface area contributed by atoms with Gasteiger partial charge in [0.05, 0.1) is 10.6 Å². The van der Waals surface area contributed by atoms with Crippen molar-refractivity contribution >= 4 is 50.7 Å². The Bertz CT molecular complexity index is 866. The number of carbonyl (C=O) groups excluding carboxylic acids is 1. The highest BCUT2D eigenvalue weighted by molar-refractivity contribution is 7.98. The van der Waals surface area contributed by atoms with Gasteiger partial charge >= 0.3 is 0 Å². The number of halogens is 1. The molecule has 2 aromatic carbocycles. The van der Waals surface area contributed by atoms with E-state index in [2.05, 4.69) is 10.0 Å². The van der Waals surface area contributed by atoms with E-state index < -0.39 is 10.0 Å². The van der Waals surface area contributed by atoms with Gasteiger partial charge in [-0.25, -0.2) is 8.42 Å². The minimum absolute atomic E-state index is 0.0688. The number of amides is 1. The van der Waals surface area contributed by atoms with Crippen LogP contribution in [0.5, 0.6) is 0 Å². The van der Waals surface area contributed by atoms with Crippen LogP contribution in [0.15, 0.2) is 52.3 Å². The average Bonchev–Trinajstić information content (AvgIpc) is 2.56. The fourth-order valence-corrected chi connectivity index (χ4v) is 3.71. The van der Waals surface area contributed by atoms with Gasteiger partial charge in [-0.3, -0.25) is 9.52 Å². The highest BCUT2D eigenvalue weighted by atomic mass is 35.5. The molecule has 0 aliphatic carbocycles. The Labute approximate surface area is 157 Å². The molecule has 0 bridgehead atoms. The standard InChI is InChI=1S/C17H19ClN2O3S2/c1-11(2)17(21)19-15-10-14(8-9-16(15)24-3)25(22,23)20-13-6-4-12(18)5-7-13/h4-11,20H,1-3H3,(H,19,21). The second kappa shape index (κ2) is 8.12. The molecule has 0 saturated heterocycles. The molecule has 0 aliphatic rings. The van der Waals surface area contributed by atoms with E-state index in [1.165, 1.54) is 23.9 Å². The molecule has 2 rings (SSSR count). The van der Waals surface area contributed by atoms with E-state index in [-0.39, 0.29) is 16.7 Å². The lowest BCUT2D eigenvalue weighted by molar-refractivity contribution is -0.118. The SMILES string of the molecule is CSc1ccc(S(=O)(=O)Nc2ccc(Cl)cc2)cc1NC(=O)C(C)C. The summed E-state index contributed by atoms with van der Waals surface area (Å²) in [6.07, 6.45) is 1.86. The van der Waals surface area contributed by atoms with Crippen molar-refractivity contribution in [3.63, 3.8) is 0 Å². The number of carbonyl (C=O) groups is 1.